The Balaban J connectivity index is 1.88. The summed E-state index contributed by atoms with van der Waals surface area (Å²) < 4.78 is 10.8. The highest BCUT2D eigenvalue weighted by Gasteiger charge is 2.18. The quantitative estimate of drug-likeness (QED) is 0.705. The van der Waals surface area contributed by atoms with Crippen LogP contribution in [-0.2, 0) is 11.2 Å². The fourth-order valence-electron chi connectivity index (χ4n) is 2.09. The number of hydrogen-bond donors (Lipinski definition) is 0. The first-order valence-corrected chi connectivity index (χ1v) is 5.60. The van der Waals surface area contributed by atoms with Crippen LogP contribution in [0.4, 0.5) is 0 Å². The number of ether oxygens (including phenoxy) is 2. The van der Waals surface area contributed by atoms with Gasteiger partial charge < -0.3 is 9.47 Å². The second-order valence-corrected chi connectivity index (χ2v) is 4.12. The molecule has 0 radical (unpaired) electrons. The molecule has 0 saturated carbocycles. The molecule has 1 aliphatic rings. The van der Waals surface area contributed by atoms with Gasteiger partial charge in [-0.2, -0.15) is 0 Å². The molecule has 0 aliphatic carbocycles. The fraction of sp³-hybridized carbons (Fsp3) is 0.538. The van der Waals surface area contributed by atoms with E-state index in [-0.39, 0.29) is 0 Å². The van der Waals surface area contributed by atoms with Gasteiger partial charge in [-0.25, -0.2) is 0 Å². The second kappa shape index (κ2) is 5.17. The topological polar surface area (TPSA) is 18.5 Å². The van der Waals surface area contributed by atoms with Crippen LogP contribution in [0.1, 0.15) is 18.4 Å². The van der Waals surface area contributed by atoms with Gasteiger partial charge in [0.15, 0.2) is 0 Å². The van der Waals surface area contributed by atoms with Crippen LogP contribution < -0.4 is 4.74 Å². The first kappa shape index (κ1) is 10.5. The molecule has 0 bridgehead atoms. The van der Waals surface area contributed by atoms with E-state index in [1.807, 2.05) is 6.07 Å². The van der Waals surface area contributed by atoms with Crippen molar-refractivity contribution < 1.29 is 9.47 Å². The smallest absolute Gasteiger partial charge is 0.122 e. The minimum absolute atomic E-state index is 0.662. The van der Waals surface area contributed by atoms with Crippen molar-refractivity contribution in [2.24, 2.45) is 5.92 Å². The highest BCUT2D eigenvalue weighted by Crippen LogP contribution is 2.28. The van der Waals surface area contributed by atoms with Gasteiger partial charge in [0.2, 0.25) is 0 Å². The van der Waals surface area contributed by atoms with Crippen molar-refractivity contribution >= 4 is 0 Å². The summed E-state index contributed by atoms with van der Waals surface area (Å²) in [6.07, 6.45) is 3.48. The lowest BCUT2D eigenvalue weighted by atomic mass is 9.93. The monoisotopic (exact) mass is 206 g/mol. The van der Waals surface area contributed by atoms with Gasteiger partial charge in [0.1, 0.15) is 5.75 Å². The third-order valence-electron chi connectivity index (χ3n) is 2.92. The summed E-state index contributed by atoms with van der Waals surface area (Å²) in [7, 11) is 1.76. The van der Waals surface area contributed by atoms with Crippen molar-refractivity contribution in [3.63, 3.8) is 0 Å². The number of fused-ring (bicyclic) bond motifs is 1. The van der Waals surface area contributed by atoms with E-state index in [9.17, 15) is 0 Å². The Morgan fingerprint density at radius 2 is 2.27 bits per heavy atom. The number of benzene rings is 1. The molecule has 0 spiro atoms. The Labute approximate surface area is 91.2 Å². The van der Waals surface area contributed by atoms with Gasteiger partial charge in [-0.1, -0.05) is 18.2 Å². The fourth-order valence-corrected chi connectivity index (χ4v) is 2.09. The number of para-hydroxylation sites is 1. The highest BCUT2D eigenvalue weighted by molar-refractivity contribution is 5.34. The van der Waals surface area contributed by atoms with Crippen molar-refractivity contribution in [2.75, 3.05) is 20.3 Å². The SMILES string of the molecule is COCCCC1COc2ccccc2C1. The van der Waals surface area contributed by atoms with Crippen molar-refractivity contribution in [1.29, 1.82) is 0 Å². The van der Waals surface area contributed by atoms with E-state index in [2.05, 4.69) is 18.2 Å². The third kappa shape index (κ3) is 2.72. The number of hydrogen-bond acceptors (Lipinski definition) is 2. The Hall–Kier alpha value is -1.02. The van der Waals surface area contributed by atoms with Gasteiger partial charge in [-0.05, 0) is 36.8 Å². The van der Waals surface area contributed by atoms with E-state index in [4.69, 9.17) is 9.47 Å². The summed E-state index contributed by atoms with van der Waals surface area (Å²) in [6.45, 7) is 1.72. The standard InChI is InChI=1S/C13H18O2/c1-14-8-4-5-11-9-12-6-2-3-7-13(12)15-10-11/h2-3,6-7,11H,4-5,8-10H2,1H3. The lowest BCUT2D eigenvalue weighted by Crippen LogP contribution is -2.21. The van der Waals surface area contributed by atoms with Crippen molar-refractivity contribution in [3.8, 4) is 5.75 Å². The molecule has 1 heterocycles. The van der Waals surface area contributed by atoms with Gasteiger partial charge in [0.05, 0.1) is 6.61 Å². The largest absolute Gasteiger partial charge is 0.493 e. The zero-order valence-electron chi connectivity index (χ0n) is 9.24. The highest BCUT2D eigenvalue weighted by atomic mass is 16.5. The maximum Gasteiger partial charge on any atom is 0.122 e. The molecule has 1 unspecified atom stereocenters. The van der Waals surface area contributed by atoms with E-state index < -0.39 is 0 Å². The summed E-state index contributed by atoms with van der Waals surface area (Å²) in [5, 5.41) is 0. The maximum absolute atomic E-state index is 5.73. The maximum atomic E-state index is 5.73. The summed E-state index contributed by atoms with van der Waals surface area (Å²) in [5.41, 5.74) is 1.35. The van der Waals surface area contributed by atoms with E-state index in [0.717, 1.165) is 31.8 Å². The van der Waals surface area contributed by atoms with Crippen LogP contribution >= 0.6 is 0 Å². The summed E-state index contributed by atoms with van der Waals surface area (Å²) in [5.74, 6) is 1.73. The van der Waals surface area contributed by atoms with Crippen molar-refractivity contribution in [3.05, 3.63) is 29.8 Å². The normalized spacial score (nSPS) is 19.4. The first-order chi connectivity index (χ1) is 7.40. The van der Waals surface area contributed by atoms with Crippen LogP contribution in [-0.4, -0.2) is 20.3 Å². The lowest BCUT2D eigenvalue weighted by molar-refractivity contribution is 0.167. The molecule has 2 nitrogen and oxygen atoms in total. The minimum atomic E-state index is 0.662. The van der Waals surface area contributed by atoms with E-state index in [1.54, 1.807) is 7.11 Å². The molecule has 82 valence electrons. The molecule has 0 aromatic heterocycles. The Kier molecular flexibility index (Phi) is 3.62. The second-order valence-electron chi connectivity index (χ2n) is 4.12. The van der Waals surface area contributed by atoms with Gasteiger partial charge in [0.25, 0.3) is 0 Å². The van der Waals surface area contributed by atoms with Crippen LogP contribution in [0.3, 0.4) is 0 Å². The van der Waals surface area contributed by atoms with Crippen LogP contribution in [0.5, 0.6) is 5.75 Å². The Morgan fingerprint density at radius 1 is 1.40 bits per heavy atom. The van der Waals surface area contributed by atoms with Crippen LogP contribution in [0.15, 0.2) is 24.3 Å². The molecule has 15 heavy (non-hydrogen) atoms. The predicted molar refractivity (Wildman–Crippen MR) is 60.2 cm³/mol. The Morgan fingerprint density at radius 3 is 3.13 bits per heavy atom. The predicted octanol–water partition coefficient (Wildman–Crippen LogP) is 2.66. The summed E-state index contributed by atoms with van der Waals surface area (Å²) in [4.78, 5) is 0. The molecule has 0 N–H and O–H groups in total. The first-order valence-electron chi connectivity index (χ1n) is 5.60. The van der Waals surface area contributed by atoms with Crippen LogP contribution in [0.2, 0.25) is 0 Å². The number of methoxy groups -OCH3 is 1. The molecule has 1 aromatic rings. The van der Waals surface area contributed by atoms with Gasteiger partial charge >= 0.3 is 0 Å². The third-order valence-corrected chi connectivity index (χ3v) is 2.92. The molecule has 1 atom stereocenters. The average molecular weight is 206 g/mol. The van der Waals surface area contributed by atoms with Gasteiger partial charge in [0, 0.05) is 13.7 Å². The van der Waals surface area contributed by atoms with Crippen molar-refractivity contribution in [1.82, 2.24) is 0 Å². The molecular weight excluding hydrogens is 188 g/mol. The van der Waals surface area contributed by atoms with E-state index in [0.29, 0.717) is 5.92 Å². The minimum Gasteiger partial charge on any atom is -0.493 e. The molecule has 0 saturated heterocycles. The zero-order chi connectivity index (χ0) is 10.5. The molecule has 1 aliphatic heterocycles. The zero-order valence-corrected chi connectivity index (χ0v) is 9.24. The van der Waals surface area contributed by atoms with Crippen molar-refractivity contribution in [2.45, 2.75) is 19.3 Å². The van der Waals surface area contributed by atoms with E-state index in [1.165, 1.54) is 12.0 Å². The molecule has 2 rings (SSSR count). The van der Waals surface area contributed by atoms with E-state index >= 15 is 0 Å². The molecule has 0 amide bonds. The summed E-state index contributed by atoms with van der Waals surface area (Å²) >= 11 is 0. The van der Waals surface area contributed by atoms with Crippen LogP contribution in [0.25, 0.3) is 0 Å². The van der Waals surface area contributed by atoms with Crippen LogP contribution in [0, 0.1) is 5.92 Å². The molecule has 1 aromatic carbocycles. The molecular formula is C13H18O2. The average Bonchev–Trinajstić information content (AvgIpc) is 2.29. The number of rotatable bonds is 4. The summed E-state index contributed by atoms with van der Waals surface area (Å²) in [6, 6.07) is 8.34. The van der Waals surface area contributed by atoms with Gasteiger partial charge in [-0.3, -0.25) is 0 Å². The Bertz CT molecular complexity index is 309. The molecule has 0 fully saturated rings. The van der Waals surface area contributed by atoms with Gasteiger partial charge in [-0.15, -0.1) is 0 Å². The lowest BCUT2D eigenvalue weighted by Gasteiger charge is -2.25. The molecule has 2 heteroatoms.